The molecular formula is C10H15NO2. The number of rotatable bonds is 4. The van der Waals surface area contributed by atoms with E-state index in [0.717, 1.165) is 38.8 Å². The first-order valence-corrected chi connectivity index (χ1v) is 4.66. The zero-order valence-corrected chi connectivity index (χ0v) is 7.70. The van der Waals surface area contributed by atoms with Crippen LogP contribution in [0.2, 0.25) is 0 Å². The maximum absolute atomic E-state index is 10.8. The first-order chi connectivity index (χ1) is 6.25. The smallest absolute Gasteiger partial charge is 0.320 e. The van der Waals surface area contributed by atoms with E-state index >= 15 is 0 Å². The molecule has 0 amide bonds. The predicted octanol–water partition coefficient (Wildman–Crippen LogP) is 0.949. The molecule has 13 heavy (non-hydrogen) atoms. The molecule has 0 bridgehead atoms. The predicted molar refractivity (Wildman–Crippen MR) is 50.3 cm³/mol. The molecule has 1 saturated heterocycles. The normalized spacial score (nSPS) is 22.8. The van der Waals surface area contributed by atoms with Crippen LogP contribution in [-0.2, 0) is 4.79 Å². The second kappa shape index (κ2) is 4.88. The molecule has 0 aliphatic carbocycles. The molecule has 1 atom stereocenters. The first-order valence-electron chi connectivity index (χ1n) is 4.66. The van der Waals surface area contributed by atoms with Crippen molar-refractivity contribution in [3.05, 3.63) is 0 Å². The monoisotopic (exact) mass is 181 g/mol. The van der Waals surface area contributed by atoms with E-state index in [9.17, 15) is 4.79 Å². The van der Waals surface area contributed by atoms with Gasteiger partial charge in [-0.3, -0.25) is 9.69 Å². The lowest BCUT2D eigenvalue weighted by molar-refractivity contribution is -0.142. The van der Waals surface area contributed by atoms with E-state index in [-0.39, 0.29) is 6.04 Å². The molecule has 1 aliphatic rings. The summed E-state index contributed by atoms with van der Waals surface area (Å²) in [5, 5.41) is 8.86. The van der Waals surface area contributed by atoms with Gasteiger partial charge in [-0.05, 0) is 32.4 Å². The summed E-state index contributed by atoms with van der Waals surface area (Å²) in [6, 6.07) is -0.266. The molecule has 72 valence electrons. The van der Waals surface area contributed by atoms with Crippen molar-refractivity contribution in [2.24, 2.45) is 0 Å². The molecule has 1 heterocycles. The fourth-order valence-corrected chi connectivity index (χ4v) is 1.76. The first kappa shape index (κ1) is 10.1. The van der Waals surface area contributed by atoms with Crippen LogP contribution in [0.15, 0.2) is 0 Å². The molecule has 0 radical (unpaired) electrons. The molecule has 0 aromatic rings. The highest BCUT2D eigenvalue weighted by Crippen LogP contribution is 2.17. The summed E-state index contributed by atoms with van der Waals surface area (Å²) >= 11 is 0. The van der Waals surface area contributed by atoms with Crippen LogP contribution in [0.1, 0.15) is 25.7 Å². The molecule has 0 saturated carbocycles. The van der Waals surface area contributed by atoms with Crippen LogP contribution < -0.4 is 0 Å². The summed E-state index contributed by atoms with van der Waals surface area (Å²) < 4.78 is 0. The number of unbranched alkanes of at least 4 members (excludes halogenated alkanes) is 1. The Bertz CT molecular complexity index is 219. The van der Waals surface area contributed by atoms with Gasteiger partial charge in [0.25, 0.3) is 0 Å². The van der Waals surface area contributed by atoms with E-state index < -0.39 is 5.97 Å². The molecule has 1 N–H and O–H groups in total. The fraction of sp³-hybridized carbons (Fsp3) is 0.700. The van der Waals surface area contributed by atoms with Crippen LogP contribution in [0.4, 0.5) is 0 Å². The van der Waals surface area contributed by atoms with Crippen LogP contribution in [0.3, 0.4) is 0 Å². The lowest BCUT2D eigenvalue weighted by Crippen LogP contribution is -2.36. The van der Waals surface area contributed by atoms with Gasteiger partial charge >= 0.3 is 5.97 Å². The lowest BCUT2D eigenvalue weighted by atomic mass is 10.2. The highest BCUT2D eigenvalue weighted by atomic mass is 16.4. The minimum absolute atomic E-state index is 0.266. The second-order valence-corrected chi connectivity index (χ2v) is 3.34. The number of carboxylic acids is 1. The van der Waals surface area contributed by atoms with Gasteiger partial charge in [-0.25, -0.2) is 0 Å². The number of terminal acetylenes is 1. The van der Waals surface area contributed by atoms with Crippen LogP contribution in [-0.4, -0.2) is 35.1 Å². The summed E-state index contributed by atoms with van der Waals surface area (Å²) in [6.07, 6.45) is 8.54. The zero-order chi connectivity index (χ0) is 9.68. The number of aliphatic carboxylic acids is 1. The number of carbonyl (C=O) groups is 1. The quantitative estimate of drug-likeness (QED) is 0.518. The van der Waals surface area contributed by atoms with Crippen LogP contribution in [0.25, 0.3) is 0 Å². The third-order valence-corrected chi connectivity index (χ3v) is 2.42. The van der Waals surface area contributed by atoms with Crippen molar-refractivity contribution >= 4 is 5.97 Å². The van der Waals surface area contributed by atoms with Crippen LogP contribution >= 0.6 is 0 Å². The summed E-state index contributed by atoms with van der Waals surface area (Å²) in [5.74, 6) is 1.87. The number of likely N-dealkylation sites (tertiary alicyclic amines) is 1. The van der Waals surface area contributed by atoms with Crippen molar-refractivity contribution in [3.63, 3.8) is 0 Å². The lowest BCUT2D eigenvalue weighted by Gasteiger charge is -2.19. The SMILES string of the molecule is C#CCCCN1CCCC1C(=O)O. The Morgan fingerprint density at radius 2 is 2.46 bits per heavy atom. The summed E-state index contributed by atoms with van der Waals surface area (Å²) in [5.41, 5.74) is 0. The Morgan fingerprint density at radius 3 is 3.08 bits per heavy atom. The third-order valence-electron chi connectivity index (χ3n) is 2.42. The second-order valence-electron chi connectivity index (χ2n) is 3.34. The number of hydrogen-bond acceptors (Lipinski definition) is 2. The molecule has 0 aromatic heterocycles. The number of hydrogen-bond donors (Lipinski definition) is 1. The van der Waals surface area contributed by atoms with Crippen molar-refractivity contribution in [3.8, 4) is 12.3 Å². The standard InChI is InChI=1S/C10H15NO2/c1-2-3-4-7-11-8-5-6-9(11)10(12)13/h1,9H,3-8H2,(H,12,13). The number of carboxylic acid groups (broad SMARTS) is 1. The Labute approximate surface area is 78.7 Å². The molecule has 0 spiro atoms. The van der Waals surface area contributed by atoms with Gasteiger partial charge in [0, 0.05) is 6.42 Å². The Kier molecular flexibility index (Phi) is 3.78. The van der Waals surface area contributed by atoms with Crippen LogP contribution in [0, 0.1) is 12.3 Å². The highest BCUT2D eigenvalue weighted by Gasteiger charge is 2.29. The average Bonchev–Trinajstić information content (AvgIpc) is 2.53. The van der Waals surface area contributed by atoms with Gasteiger partial charge in [0.05, 0.1) is 0 Å². The van der Waals surface area contributed by atoms with E-state index in [1.54, 1.807) is 0 Å². The molecule has 1 unspecified atom stereocenters. The molecule has 3 nitrogen and oxygen atoms in total. The van der Waals surface area contributed by atoms with Crippen molar-refractivity contribution in [2.45, 2.75) is 31.7 Å². The maximum atomic E-state index is 10.8. The topological polar surface area (TPSA) is 40.5 Å². The van der Waals surface area contributed by atoms with Crippen molar-refractivity contribution in [2.75, 3.05) is 13.1 Å². The molecular weight excluding hydrogens is 166 g/mol. The van der Waals surface area contributed by atoms with Gasteiger partial charge < -0.3 is 5.11 Å². The molecule has 1 rings (SSSR count). The molecule has 1 aliphatic heterocycles. The van der Waals surface area contributed by atoms with Crippen molar-refractivity contribution < 1.29 is 9.90 Å². The van der Waals surface area contributed by atoms with Crippen molar-refractivity contribution in [1.82, 2.24) is 4.90 Å². The zero-order valence-electron chi connectivity index (χ0n) is 7.70. The molecule has 1 fully saturated rings. The summed E-state index contributed by atoms with van der Waals surface area (Å²) in [4.78, 5) is 12.8. The number of nitrogens with zero attached hydrogens (tertiary/aromatic N) is 1. The summed E-state index contributed by atoms with van der Waals surface area (Å²) in [7, 11) is 0. The Balaban J connectivity index is 2.32. The Hall–Kier alpha value is -1.01. The van der Waals surface area contributed by atoms with Gasteiger partial charge in [-0.2, -0.15) is 0 Å². The van der Waals surface area contributed by atoms with Gasteiger partial charge in [0.2, 0.25) is 0 Å². The van der Waals surface area contributed by atoms with Crippen LogP contribution in [0.5, 0.6) is 0 Å². The van der Waals surface area contributed by atoms with E-state index in [1.165, 1.54) is 0 Å². The van der Waals surface area contributed by atoms with Crippen molar-refractivity contribution in [1.29, 1.82) is 0 Å². The average molecular weight is 181 g/mol. The van der Waals surface area contributed by atoms with E-state index in [0.29, 0.717) is 0 Å². The van der Waals surface area contributed by atoms with E-state index in [2.05, 4.69) is 5.92 Å². The minimum atomic E-state index is -0.696. The van der Waals surface area contributed by atoms with E-state index in [4.69, 9.17) is 11.5 Å². The Morgan fingerprint density at radius 1 is 1.69 bits per heavy atom. The maximum Gasteiger partial charge on any atom is 0.320 e. The highest BCUT2D eigenvalue weighted by molar-refractivity contribution is 5.73. The summed E-state index contributed by atoms with van der Waals surface area (Å²) in [6.45, 7) is 1.72. The van der Waals surface area contributed by atoms with E-state index in [1.807, 2.05) is 4.90 Å². The molecule has 0 aromatic carbocycles. The van der Waals surface area contributed by atoms with Gasteiger partial charge in [-0.1, -0.05) is 0 Å². The fourth-order valence-electron chi connectivity index (χ4n) is 1.76. The van der Waals surface area contributed by atoms with Gasteiger partial charge in [-0.15, -0.1) is 12.3 Å². The van der Waals surface area contributed by atoms with Gasteiger partial charge in [0.15, 0.2) is 0 Å². The molecule has 3 heteroatoms. The minimum Gasteiger partial charge on any atom is -0.480 e. The third kappa shape index (κ3) is 2.74. The van der Waals surface area contributed by atoms with Gasteiger partial charge in [0.1, 0.15) is 6.04 Å². The largest absolute Gasteiger partial charge is 0.480 e.